The smallest absolute Gasteiger partial charge is 0.243 e. The molecule has 0 spiro atoms. The number of nitrogens with zero attached hydrogens (tertiary/aromatic N) is 1. The van der Waals surface area contributed by atoms with Gasteiger partial charge in [0.15, 0.2) is 0 Å². The molecular weight excluding hydrogens is 290 g/mol. The maximum Gasteiger partial charge on any atom is 0.243 e. The number of hydrogen-bond acceptors (Lipinski definition) is 4. The first-order valence-corrected chi connectivity index (χ1v) is 8.01. The largest absolute Gasteiger partial charge is 0.399 e. The average molecular weight is 313 g/mol. The van der Waals surface area contributed by atoms with Gasteiger partial charge in [-0.05, 0) is 45.4 Å². The van der Waals surface area contributed by atoms with Crippen LogP contribution in [-0.2, 0) is 14.8 Å². The molecule has 1 aromatic rings. The molecule has 0 aliphatic carbocycles. The van der Waals surface area contributed by atoms with Crippen molar-refractivity contribution in [1.82, 2.24) is 9.62 Å². The number of sulfonamides is 1. The van der Waals surface area contributed by atoms with Crippen molar-refractivity contribution in [2.24, 2.45) is 0 Å². The zero-order chi connectivity index (χ0) is 16.4. The molecule has 1 rings (SSSR count). The van der Waals surface area contributed by atoms with E-state index in [1.165, 1.54) is 13.1 Å². The van der Waals surface area contributed by atoms with E-state index in [0.29, 0.717) is 11.3 Å². The van der Waals surface area contributed by atoms with E-state index in [-0.39, 0.29) is 17.3 Å². The Morgan fingerprint density at radius 3 is 2.43 bits per heavy atom. The highest BCUT2D eigenvalue weighted by molar-refractivity contribution is 7.89. The van der Waals surface area contributed by atoms with Crippen molar-refractivity contribution in [2.75, 3.05) is 19.3 Å². The average Bonchev–Trinajstić information content (AvgIpc) is 2.29. The van der Waals surface area contributed by atoms with Crippen LogP contribution in [0.2, 0.25) is 0 Å². The molecule has 21 heavy (non-hydrogen) atoms. The van der Waals surface area contributed by atoms with Crippen molar-refractivity contribution in [3.8, 4) is 0 Å². The predicted octanol–water partition coefficient (Wildman–Crippen LogP) is 1.11. The van der Waals surface area contributed by atoms with Crippen molar-refractivity contribution in [2.45, 2.75) is 38.1 Å². The topological polar surface area (TPSA) is 92.5 Å². The first kappa shape index (κ1) is 17.5. The lowest BCUT2D eigenvalue weighted by Gasteiger charge is -2.23. The minimum absolute atomic E-state index is 0.119. The molecule has 0 heterocycles. The van der Waals surface area contributed by atoms with Crippen LogP contribution in [0.4, 0.5) is 5.69 Å². The summed E-state index contributed by atoms with van der Waals surface area (Å²) >= 11 is 0. The van der Waals surface area contributed by atoms with Gasteiger partial charge in [0, 0.05) is 18.3 Å². The summed E-state index contributed by atoms with van der Waals surface area (Å²) in [5.74, 6) is -0.352. The van der Waals surface area contributed by atoms with Crippen LogP contribution in [0.3, 0.4) is 0 Å². The molecule has 0 aliphatic rings. The molecule has 0 fully saturated rings. The van der Waals surface area contributed by atoms with E-state index in [9.17, 15) is 13.2 Å². The lowest BCUT2D eigenvalue weighted by Crippen LogP contribution is -2.46. The van der Waals surface area contributed by atoms with E-state index in [1.807, 2.05) is 20.8 Å². The Morgan fingerprint density at radius 1 is 1.33 bits per heavy atom. The van der Waals surface area contributed by atoms with Gasteiger partial charge < -0.3 is 11.1 Å². The Hall–Kier alpha value is -1.60. The molecule has 1 amide bonds. The van der Waals surface area contributed by atoms with Crippen LogP contribution in [-0.4, -0.2) is 37.8 Å². The fourth-order valence-corrected chi connectivity index (χ4v) is 3.19. The number of aryl methyl sites for hydroxylation is 1. The van der Waals surface area contributed by atoms with Gasteiger partial charge in [0.05, 0.1) is 11.4 Å². The molecule has 1 aromatic carbocycles. The van der Waals surface area contributed by atoms with Gasteiger partial charge in [0.1, 0.15) is 0 Å². The SMILES string of the molecule is Cc1ccc(N)cc1S(=O)(=O)N(C)CC(=O)NC(C)(C)C. The Bertz CT molecular complexity index is 633. The molecule has 0 saturated carbocycles. The first-order valence-electron chi connectivity index (χ1n) is 6.57. The zero-order valence-corrected chi connectivity index (χ0v) is 13.9. The van der Waals surface area contributed by atoms with E-state index in [0.717, 1.165) is 4.31 Å². The molecule has 0 radical (unpaired) electrons. The van der Waals surface area contributed by atoms with Crippen molar-refractivity contribution < 1.29 is 13.2 Å². The van der Waals surface area contributed by atoms with Crippen molar-refractivity contribution in [3.63, 3.8) is 0 Å². The van der Waals surface area contributed by atoms with Gasteiger partial charge in [0.25, 0.3) is 0 Å². The van der Waals surface area contributed by atoms with Crippen LogP contribution in [0.1, 0.15) is 26.3 Å². The molecule has 0 atom stereocenters. The molecule has 7 heteroatoms. The van der Waals surface area contributed by atoms with E-state index in [4.69, 9.17) is 5.73 Å². The summed E-state index contributed by atoms with van der Waals surface area (Å²) in [6.45, 7) is 6.95. The number of benzene rings is 1. The van der Waals surface area contributed by atoms with Crippen molar-refractivity contribution in [3.05, 3.63) is 23.8 Å². The number of amides is 1. The number of likely N-dealkylation sites (N-methyl/N-ethyl adjacent to an activating group) is 1. The molecule has 6 nitrogen and oxygen atoms in total. The summed E-state index contributed by atoms with van der Waals surface area (Å²) in [7, 11) is -2.38. The zero-order valence-electron chi connectivity index (χ0n) is 13.1. The Labute approximate surface area is 126 Å². The third-order valence-electron chi connectivity index (χ3n) is 2.78. The van der Waals surface area contributed by atoms with Crippen LogP contribution in [0.25, 0.3) is 0 Å². The van der Waals surface area contributed by atoms with Gasteiger partial charge in [-0.25, -0.2) is 8.42 Å². The number of carbonyl (C=O) groups is 1. The summed E-state index contributed by atoms with van der Waals surface area (Å²) in [6, 6.07) is 4.69. The van der Waals surface area contributed by atoms with Gasteiger partial charge >= 0.3 is 0 Å². The second-order valence-electron chi connectivity index (χ2n) is 6.08. The number of nitrogen functional groups attached to an aromatic ring is 1. The maximum absolute atomic E-state index is 12.5. The van der Waals surface area contributed by atoms with E-state index < -0.39 is 15.6 Å². The predicted molar refractivity (Wildman–Crippen MR) is 83.3 cm³/mol. The van der Waals surface area contributed by atoms with Crippen LogP contribution in [0, 0.1) is 6.92 Å². The van der Waals surface area contributed by atoms with Crippen LogP contribution < -0.4 is 11.1 Å². The molecule has 0 saturated heterocycles. The minimum Gasteiger partial charge on any atom is -0.399 e. The van der Waals surface area contributed by atoms with Crippen LogP contribution in [0.5, 0.6) is 0 Å². The fourth-order valence-electron chi connectivity index (χ4n) is 1.81. The monoisotopic (exact) mass is 313 g/mol. The quantitative estimate of drug-likeness (QED) is 0.815. The Balaban J connectivity index is 2.97. The lowest BCUT2D eigenvalue weighted by atomic mass is 10.1. The van der Waals surface area contributed by atoms with Gasteiger partial charge in [-0.15, -0.1) is 0 Å². The summed E-state index contributed by atoms with van der Waals surface area (Å²) in [4.78, 5) is 12.0. The van der Waals surface area contributed by atoms with Crippen molar-refractivity contribution in [1.29, 1.82) is 0 Å². The summed E-state index contributed by atoms with van der Waals surface area (Å²) in [6.07, 6.45) is 0. The highest BCUT2D eigenvalue weighted by Gasteiger charge is 2.26. The molecule has 0 aliphatic heterocycles. The van der Waals surface area contributed by atoms with Crippen LogP contribution >= 0.6 is 0 Å². The van der Waals surface area contributed by atoms with Crippen molar-refractivity contribution >= 4 is 21.6 Å². The molecule has 0 aromatic heterocycles. The molecule has 0 bridgehead atoms. The number of rotatable bonds is 4. The van der Waals surface area contributed by atoms with Gasteiger partial charge in [0.2, 0.25) is 15.9 Å². The highest BCUT2D eigenvalue weighted by Crippen LogP contribution is 2.21. The molecule has 118 valence electrons. The Morgan fingerprint density at radius 2 is 1.90 bits per heavy atom. The van der Waals surface area contributed by atoms with Gasteiger partial charge in [-0.2, -0.15) is 4.31 Å². The maximum atomic E-state index is 12.5. The number of nitrogens with one attached hydrogen (secondary N) is 1. The second-order valence-corrected chi connectivity index (χ2v) is 8.10. The van der Waals surface area contributed by atoms with Gasteiger partial charge in [-0.1, -0.05) is 6.07 Å². The molecule has 3 N–H and O–H groups in total. The lowest BCUT2D eigenvalue weighted by molar-refractivity contribution is -0.122. The van der Waals surface area contributed by atoms with E-state index in [2.05, 4.69) is 5.32 Å². The standard InChI is InChI=1S/C14H23N3O3S/c1-10-6-7-11(15)8-12(10)21(19,20)17(5)9-13(18)16-14(2,3)4/h6-8H,9,15H2,1-5H3,(H,16,18). The fraction of sp³-hybridized carbons (Fsp3) is 0.500. The molecular formula is C14H23N3O3S. The third kappa shape index (κ3) is 4.71. The van der Waals surface area contributed by atoms with Gasteiger partial charge in [-0.3, -0.25) is 4.79 Å². The third-order valence-corrected chi connectivity index (χ3v) is 4.73. The number of nitrogens with two attached hydrogens (primary N) is 1. The van der Waals surface area contributed by atoms with E-state index >= 15 is 0 Å². The summed E-state index contributed by atoms with van der Waals surface area (Å²) in [5, 5.41) is 2.73. The summed E-state index contributed by atoms with van der Waals surface area (Å²) in [5.41, 5.74) is 6.20. The Kier molecular flexibility index (Phi) is 5.01. The summed E-state index contributed by atoms with van der Waals surface area (Å²) < 4.78 is 26.0. The second kappa shape index (κ2) is 6.03. The van der Waals surface area contributed by atoms with E-state index in [1.54, 1.807) is 19.1 Å². The van der Waals surface area contributed by atoms with Crippen LogP contribution in [0.15, 0.2) is 23.1 Å². The number of anilines is 1. The highest BCUT2D eigenvalue weighted by atomic mass is 32.2. The minimum atomic E-state index is -3.75. The number of hydrogen-bond donors (Lipinski definition) is 2. The number of carbonyl (C=O) groups excluding carboxylic acids is 1. The normalized spacial score (nSPS) is 12.5. The molecule has 0 unspecified atom stereocenters. The first-order chi connectivity index (χ1) is 9.43.